The van der Waals surface area contributed by atoms with Gasteiger partial charge in [0.25, 0.3) is 0 Å². The van der Waals surface area contributed by atoms with Crippen LogP contribution in [0, 0.1) is 5.92 Å². The fourth-order valence-corrected chi connectivity index (χ4v) is 2.57. The van der Waals surface area contributed by atoms with Gasteiger partial charge in [0.05, 0.1) is 18.0 Å². The van der Waals surface area contributed by atoms with Crippen LogP contribution in [0.2, 0.25) is 0 Å². The maximum absolute atomic E-state index is 9.43. The first kappa shape index (κ1) is 14.0. The zero-order valence-corrected chi connectivity index (χ0v) is 12.3. The molecule has 0 spiro atoms. The smallest absolute Gasteiger partial charge is 0.226 e. The molecule has 6 heteroatoms. The summed E-state index contributed by atoms with van der Waals surface area (Å²) in [5, 5.41) is 18.9. The van der Waals surface area contributed by atoms with E-state index in [0.29, 0.717) is 11.9 Å². The molecule has 2 aromatic heterocycles. The summed E-state index contributed by atoms with van der Waals surface area (Å²) >= 11 is 1.59. The molecule has 0 amide bonds. The maximum Gasteiger partial charge on any atom is 0.226 e. The number of rotatable bonds is 6. The summed E-state index contributed by atoms with van der Waals surface area (Å²) in [6, 6.07) is 2.00. The van der Waals surface area contributed by atoms with Crippen LogP contribution in [0.15, 0.2) is 11.4 Å². The van der Waals surface area contributed by atoms with Crippen LogP contribution < -0.4 is 10.6 Å². The fraction of sp³-hybridized carbons (Fsp3) is 0.538. The van der Waals surface area contributed by atoms with Crippen molar-refractivity contribution in [1.29, 1.82) is 0 Å². The Morgan fingerprint density at radius 2 is 2.16 bits per heavy atom. The van der Waals surface area contributed by atoms with E-state index in [1.165, 1.54) is 0 Å². The molecule has 2 rings (SSSR count). The molecule has 1 atom stereocenters. The van der Waals surface area contributed by atoms with Gasteiger partial charge in [-0.05, 0) is 24.3 Å². The minimum Gasteiger partial charge on any atom is -0.394 e. The summed E-state index contributed by atoms with van der Waals surface area (Å²) in [7, 11) is 0. The fourth-order valence-electron chi connectivity index (χ4n) is 1.80. The Bertz CT molecular complexity index is 540. The van der Waals surface area contributed by atoms with Gasteiger partial charge in [0.1, 0.15) is 10.6 Å². The van der Waals surface area contributed by atoms with E-state index in [9.17, 15) is 5.11 Å². The van der Waals surface area contributed by atoms with Crippen molar-refractivity contribution in [2.75, 3.05) is 23.8 Å². The Labute approximate surface area is 117 Å². The minimum absolute atomic E-state index is 0.00697. The van der Waals surface area contributed by atoms with Crippen molar-refractivity contribution in [3.05, 3.63) is 11.4 Å². The molecular weight excluding hydrogens is 260 g/mol. The van der Waals surface area contributed by atoms with Gasteiger partial charge in [-0.15, -0.1) is 11.3 Å². The quantitative estimate of drug-likeness (QED) is 0.758. The Hall–Kier alpha value is -1.40. The molecule has 0 aliphatic heterocycles. The van der Waals surface area contributed by atoms with E-state index in [-0.39, 0.29) is 12.6 Å². The van der Waals surface area contributed by atoms with E-state index in [1.54, 1.807) is 11.3 Å². The Balaban J connectivity index is 2.36. The van der Waals surface area contributed by atoms with Crippen molar-refractivity contribution in [3.63, 3.8) is 0 Å². The van der Waals surface area contributed by atoms with Crippen molar-refractivity contribution in [2.45, 2.75) is 26.8 Å². The van der Waals surface area contributed by atoms with Gasteiger partial charge in [-0.25, -0.2) is 4.98 Å². The van der Waals surface area contributed by atoms with Crippen molar-refractivity contribution in [1.82, 2.24) is 9.97 Å². The molecule has 2 aromatic rings. The highest BCUT2D eigenvalue weighted by Crippen LogP contribution is 2.27. The minimum atomic E-state index is -0.00697. The third-order valence-electron chi connectivity index (χ3n) is 2.98. The number of fused-ring (bicyclic) bond motifs is 1. The second-order valence-corrected chi connectivity index (χ2v) is 5.64. The molecule has 0 aromatic carbocycles. The maximum atomic E-state index is 9.43. The molecule has 2 heterocycles. The summed E-state index contributed by atoms with van der Waals surface area (Å²) in [4.78, 5) is 9.91. The first-order valence-corrected chi connectivity index (χ1v) is 7.40. The van der Waals surface area contributed by atoms with Gasteiger partial charge in [0.15, 0.2) is 0 Å². The molecule has 0 aliphatic rings. The number of nitrogens with zero attached hydrogens (tertiary/aromatic N) is 2. The Morgan fingerprint density at radius 1 is 1.37 bits per heavy atom. The predicted octanol–water partition coefficient (Wildman–Crippen LogP) is 2.55. The lowest BCUT2D eigenvalue weighted by Gasteiger charge is -2.21. The molecule has 0 radical (unpaired) electrons. The monoisotopic (exact) mass is 280 g/mol. The van der Waals surface area contributed by atoms with Crippen LogP contribution in [-0.4, -0.2) is 34.3 Å². The van der Waals surface area contributed by atoms with Crippen LogP contribution in [0.4, 0.5) is 11.8 Å². The molecule has 0 saturated carbocycles. The molecule has 19 heavy (non-hydrogen) atoms. The number of hydrogen-bond donors (Lipinski definition) is 3. The zero-order valence-electron chi connectivity index (χ0n) is 11.5. The SMILES string of the molecule is CCNc1nc(NC(CO)C(C)C)c2ccsc2n1. The number of hydrogen-bond acceptors (Lipinski definition) is 6. The number of aliphatic hydroxyl groups excluding tert-OH is 1. The van der Waals surface area contributed by atoms with Crippen LogP contribution >= 0.6 is 11.3 Å². The molecule has 0 fully saturated rings. The lowest BCUT2D eigenvalue weighted by Crippen LogP contribution is -2.30. The van der Waals surface area contributed by atoms with Crippen LogP contribution in [0.25, 0.3) is 10.2 Å². The van der Waals surface area contributed by atoms with E-state index in [2.05, 4.69) is 34.4 Å². The van der Waals surface area contributed by atoms with E-state index in [4.69, 9.17) is 0 Å². The second kappa shape index (κ2) is 6.16. The number of nitrogens with one attached hydrogen (secondary N) is 2. The largest absolute Gasteiger partial charge is 0.394 e. The van der Waals surface area contributed by atoms with Gasteiger partial charge in [-0.1, -0.05) is 13.8 Å². The van der Waals surface area contributed by atoms with Crippen molar-refractivity contribution >= 4 is 33.3 Å². The first-order valence-electron chi connectivity index (χ1n) is 6.52. The summed E-state index contributed by atoms with van der Waals surface area (Å²) in [6.45, 7) is 7.03. The first-order chi connectivity index (χ1) is 9.15. The predicted molar refractivity (Wildman–Crippen MR) is 80.9 cm³/mol. The summed E-state index contributed by atoms with van der Waals surface area (Å²) in [6.07, 6.45) is 0. The summed E-state index contributed by atoms with van der Waals surface area (Å²) in [5.74, 6) is 1.74. The van der Waals surface area contributed by atoms with E-state index < -0.39 is 0 Å². The molecule has 0 bridgehead atoms. The van der Waals surface area contributed by atoms with Gasteiger partial charge >= 0.3 is 0 Å². The number of thiophene rings is 1. The molecular formula is C13H20N4OS. The molecule has 5 nitrogen and oxygen atoms in total. The van der Waals surface area contributed by atoms with Gasteiger partial charge in [0.2, 0.25) is 5.95 Å². The Morgan fingerprint density at radius 3 is 2.79 bits per heavy atom. The number of aromatic nitrogens is 2. The third-order valence-corrected chi connectivity index (χ3v) is 3.79. The average molecular weight is 280 g/mol. The molecule has 0 saturated heterocycles. The second-order valence-electron chi connectivity index (χ2n) is 4.74. The van der Waals surface area contributed by atoms with Crippen LogP contribution in [0.3, 0.4) is 0 Å². The third kappa shape index (κ3) is 3.13. The van der Waals surface area contributed by atoms with E-state index in [0.717, 1.165) is 22.6 Å². The highest BCUT2D eigenvalue weighted by atomic mass is 32.1. The topological polar surface area (TPSA) is 70.1 Å². The lowest BCUT2D eigenvalue weighted by atomic mass is 10.1. The summed E-state index contributed by atoms with van der Waals surface area (Å²) in [5.41, 5.74) is 0. The van der Waals surface area contributed by atoms with Crippen LogP contribution in [0.5, 0.6) is 0 Å². The van der Waals surface area contributed by atoms with Gasteiger partial charge < -0.3 is 15.7 Å². The van der Waals surface area contributed by atoms with Crippen molar-refractivity contribution in [2.24, 2.45) is 5.92 Å². The van der Waals surface area contributed by atoms with Gasteiger partial charge in [-0.3, -0.25) is 0 Å². The molecule has 104 valence electrons. The average Bonchev–Trinajstić information content (AvgIpc) is 2.84. The highest BCUT2D eigenvalue weighted by molar-refractivity contribution is 7.16. The number of anilines is 2. The van der Waals surface area contributed by atoms with Crippen LogP contribution in [-0.2, 0) is 0 Å². The molecule has 3 N–H and O–H groups in total. The normalized spacial score (nSPS) is 12.9. The van der Waals surface area contributed by atoms with Crippen LogP contribution in [0.1, 0.15) is 20.8 Å². The zero-order chi connectivity index (χ0) is 13.8. The van der Waals surface area contributed by atoms with Crippen molar-refractivity contribution < 1.29 is 5.11 Å². The molecule has 1 unspecified atom stereocenters. The van der Waals surface area contributed by atoms with E-state index >= 15 is 0 Å². The van der Waals surface area contributed by atoms with Gasteiger partial charge in [-0.2, -0.15) is 4.98 Å². The van der Waals surface area contributed by atoms with Gasteiger partial charge in [0, 0.05) is 6.54 Å². The van der Waals surface area contributed by atoms with E-state index in [1.807, 2.05) is 18.4 Å². The highest BCUT2D eigenvalue weighted by Gasteiger charge is 2.15. The lowest BCUT2D eigenvalue weighted by molar-refractivity contribution is 0.249. The standard InChI is InChI=1S/C13H20N4OS/c1-4-14-13-16-11(15-10(7-18)8(2)3)9-5-6-19-12(9)17-13/h5-6,8,10,18H,4,7H2,1-3H3,(H2,14,15,16,17). The number of aliphatic hydroxyl groups is 1. The van der Waals surface area contributed by atoms with Crippen molar-refractivity contribution in [3.8, 4) is 0 Å². The summed E-state index contributed by atoms with van der Waals surface area (Å²) < 4.78 is 0. The Kier molecular flexibility index (Phi) is 4.55. The molecule has 0 aliphatic carbocycles.